The summed E-state index contributed by atoms with van der Waals surface area (Å²) in [6.07, 6.45) is 1.91. The highest BCUT2D eigenvalue weighted by Crippen LogP contribution is 2.21. The van der Waals surface area contributed by atoms with Crippen LogP contribution in [0, 0.1) is 11.3 Å². The molecular weight excluding hydrogens is 350 g/mol. The molecule has 28 heavy (non-hydrogen) atoms. The molecule has 3 aromatic rings. The summed E-state index contributed by atoms with van der Waals surface area (Å²) in [5.74, 6) is 0.717. The maximum atomic E-state index is 12.5. The molecular formula is C22H21N5O. The van der Waals surface area contributed by atoms with Crippen LogP contribution in [0.1, 0.15) is 35.8 Å². The first-order chi connectivity index (χ1) is 13.7. The minimum absolute atomic E-state index is 0.234. The molecule has 6 heteroatoms. The molecule has 0 radical (unpaired) electrons. The first-order valence-corrected chi connectivity index (χ1v) is 9.19. The number of benzene rings is 2. The average Bonchev–Trinajstić information content (AvgIpc) is 2.74. The van der Waals surface area contributed by atoms with E-state index < -0.39 is 0 Å². The molecule has 2 aromatic carbocycles. The maximum absolute atomic E-state index is 12.5. The van der Waals surface area contributed by atoms with E-state index in [1.54, 1.807) is 24.3 Å². The van der Waals surface area contributed by atoms with Gasteiger partial charge in [-0.05, 0) is 24.6 Å². The normalized spacial score (nSPS) is 10.1. The molecule has 0 saturated heterocycles. The van der Waals surface area contributed by atoms with Gasteiger partial charge in [-0.2, -0.15) is 5.26 Å². The monoisotopic (exact) mass is 371 g/mol. The lowest BCUT2D eigenvalue weighted by molar-refractivity contribution is 0.0948. The van der Waals surface area contributed by atoms with Gasteiger partial charge in [0.05, 0.1) is 11.6 Å². The SMILES string of the molecule is CCCCNC(=O)c1cc(Nc2cccc(C#N)c2)nc(-c2ccccc2)n1. The van der Waals surface area contributed by atoms with E-state index in [1.165, 1.54) is 0 Å². The van der Waals surface area contributed by atoms with Crippen LogP contribution in [0.3, 0.4) is 0 Å². The zero-order chi connectivity index (χ0) is 19.8. The van der Waals surface area contributed by atoms with E-state index in [1.807, 2.05) is 36.4 Å². The van der Waals surface area contributed by atoms with Crippen LogP contribution in [-0.4, -0.2) is 22.4 Å². The summed E-state index contributed by atoms with van der Waals surface area (Å²) in [5.41, 5.74) is 2.37. The predicted molar refractivity (Wildman–Crippen MR) is 109 cm³/mol. The minimum Gasteiger partial charge on any atom is -0.351 e. The van der Waals surface area contributed by atoms with Gasteiger partial charge in [-0.25, -0.2) is 9.97 Å². The number of hydrogen-bond donors (Lipinski definition) is 2. The number of carbonyl (C=O) groups is 1. The highest BCUT2D eigenvalue weighted by Gasteiger charge is 2.13. The number of unbranched alkanes of at least 4 members (excludes halogenated alkanes) is 1. The summed E-state index contributed by atoms with van der Waals surface area (Å²) in [4.78, 5) is 21.5. The summed E-state index contributed by atoms with van der Waals surface area (Å²) in [5, 5.41) is 15.1. The number of nitrogens with zero attached hydrogens (tertiary/aromatic N) is 3. The van der Waals surface area contributed by atoms with Crippen molar-refractivity contribution in [3.63, 3.8) is 0 Å². The average molecular weight is 371 g/mol. The lowest BCUT2D eigenvalue weighted by atomic mass is 10.2. The summed E-state index contributed by atoms with van der Waals surface area (Å²) < 4.78 is 0. The molecule has 0 fully saturated rings. The topological polar surface area (TPSA) is 90.7 Å². The van der Waals surface area contributed by atoms with Crippen molar-refractivity contribution in [3.8, 4) is 17.5 Å². The Labute approximate surface area is 164 Å². The number of nitriles is 1. The van der Waals surface area contributed by atoms with Crippen molar-refractivity contribution in [2.45, 2.75) is 19.8 Å². The molecule has 1 heterocycles. The molecule has 0 atom stereocenters. The van der Waals surface area contributed by atoms with E-state index in [0.29, 0.717) is 35.1 Å². The fourth-order valence-corrected chi connectivity index (χ4v) is 2.63. The summed E-state index contributed by atoms with van der Waals surface area (Å²) in [6.45, 7) is 2.68. The molecule has 1 aromatic heterocycles. The van der Waals surface area contributed by atoms with Crippen molar-refractivity contribution in [2.24, 2.45) is 0 Å². The molecule has 3 rings (SSSR count). The third-order valence-corrected chi connectivity index (χ3v) is 4.07. The Morgan fingerprint density at radius 1 is 1.07 bits per heavy atom. The van der Waals surface area contributed by atoms with Gasteiger partial charge in [0.2, 0.25) is 0 Å². The van der Waals surface area contributed by atoms with E-state index in [2.05, 4.69) is 33.6 Å². The lowest BCUT2D eigenvalue weighted by Gasteiger charge is -2.11. The second-order valence-corrected chi connectivity index (χ2v) is 6.26. The van der Waals surface area contributed by atoms with Crippen LogP contribution in [0.25, 0.3) is 11.4 Å². The molecule has 0 aliphatic carbocycles. The largest absolute Gasteiger partial charge is 0.351 e. The van der Waals surface area contributed by atoms with Crippen LogP contribution in [0.5, 0.6) is 0 Å². The molecule has 0 bridgehead atoms. The number of aromatic nitrogens is 2. The molecule has 0 spiro atoms. The van der Waals surface area contributed by atoms with Crippen LogP contribution in [0.4, 0.5) is 11.5 Å². The Morgan fingerprint density at radius 2 is 1.89 bits per heavy atom. The molecule has 0 aliphatic heterocycles. The number of amides is 1. The summed E-state index contributed by atoms with van der Waals surface area (Å²) in [7, 11) is 0. The van der Waals surface area contributed by atoms with Gasteiger partial charge in [0.25, 0.3) is 5.91 Å². The van der Waals surface area contributed by atoms with Gasteiger partial charge in [-0.3, -0.25) is 4.79 Å². The number of anilines is 2. The van der Waals surface area contributed by atoms with Gasteiger partial charge in [0.1, 0.15) is 11.5 Å². The smallest absolute Gasteiger partial charge is 0.270 e. The second-order valence-electron chi connectivity index (χ2n) is 6.26. The van der Waals surface area contributed by atoms with Gasteiger partial charge in [0, 0.05) is 23.9 Å². The Bertz CT molecular complexity index is 995. The standard InChI is InChI=1S/C22H21N5O/c1-2-3-12-24-22(28)19-14-20(25-18-11-7-8-16(13-18)15-23)27-21(26-19)17-9-5-4-6-10-17/h4-11,13-14H,2-3,12H2,1H3,(H,24,28)(H,25,26,27). The molecule has 6 nitrogen and oxygen atoms in total. The van der Waals surface area contributed by atoms with Crippen LogP contribution >= 0.6 is 0 Å². The number of nitrogens with one attached hydrogen (secondary N) is 2. The fraction of sp³-hybridized carbons (Fsp3) is 0.182. The molecule has 0 unspecified atom stereocenters. The summed E-state index contributed by atoms with van der Waals surface area (Å²) >= 11 is 0. The first kappa shape index (κ1) is 19.1. The molecule has 1 amide bonds. The second kappa shape index (κ2) is 9.28. The highest BCUT2D eigenvalue weighted by molar-refractivity contribution is 5.93. The first-order valence-electron chi connectivity index (χ1n) is 9.19. The maximum Gasteiger partial charge on any atom is 0.270 e. The zero-order valence-electron chi connectivity index (χ0n) is 15.6. The van der Waals surface area contributed by atoms with E-state index in [-0.39, 0.29) is 5.91 Å². The lowest BCUT2D eigenvalue weighted by Crippen LogP contribution is -2.25. The van der Waals surface area contributed by atoms with Gasteiger partial charge < -0.3 is 10.6 Å². The highest BCUT2D eigenvalue weighted by atomic mass is 16.1. The van der Waals surface area contributed by atoms with E-state index in [0.717, 1.165) is 18.4 Å². The molecule has 0 aliphatic rings. The Balaban J connectivity index is 1.95. The van der Waals surface area contributed by atoms with Gasteiger partial charge in [0.15, 0.2) is 5.82 Å². The fourth-order valence-electron chi connectivity index (χ4n) is 2.63. The van der Waals surface area contributed by atoms with E-state index in [9.17, 15) is 4.79 Å². The van der Waals surface area contributed by atoms with Crippen molar-refractivity contribution in [1.82, 2.24) is 15.3 Å². The zero-order valence-corrected chi connectivity index (χ0v) is 15.6. The number of hydrogen-bond acceptors (Lipinski definition) is 5. The van der Waals surface area contributed by atoms with Crippen LogP contribution in [0.15, 0.2) is 60.7 Å². The van der Waals surface area contributed by atoms with E-state index >= 15 is 0 Å². The van der Waals surface area contributed by atoms with Gasteiger partial charge >= 0.3 is 0 Å². The van der Waals surface area contributed by atoms with Crippen molar-refractivity contribution in [3.05, 3.63) is 71.9 Å². The molecule has 140 valence electrons. The van der Waals surface area contributed by atoms with E-state index in [4.69, 9.17) is 5.26 Å². The Morgan fingerprint density at radius 3 is 2.64 bits per heavy atom. The van der Waals surface area contributed by atoms with Crippen molar-refractivity contribution < 1.29 is 4.79 Å². The quantitative estimate of drug-likeness (QED) is 0.605. The van der Waals surface area contributed by atoms with Gasteiger partial charge in [-0.1, -0.05) is 49.7 Å². The predicted octanol–water partition coefficient (Wildman–Crippen LogP) is 4.29. The van der Waals surface area contributed by atoms with Crippen LogP contribution < -0.4 is 10.6 Å². The Hall–Kier alpha value is -3.72. The van der Waals surface area contributed by atoms with Crippen molar-refractivity contribution >= 4 is 17.4 Å². The number of carbonyl (C=O) groups excluding carboxylic acids is 1. The minimum atomic E-state index is -0.234. The van der Waals surface area contributed by atoms with Crippen LogP contribution in [0.2, 0.25) is 0 Å². The third-order valence-electron chi connectivity index (χ3n) is 4.07. The van der Waals surface area contributed by atoms with Crippen molar-refractivity contribution in [1.29, 1.82) is 5.26 Å². The van der Waals surface area contributed by atoms with Crippen LogP contribution in [-0.2, 0) is 0 Å². The van der Waals surface area contributed by atoms with Crippen molar-refractivity contribution in [2.75, 3.05) is 11.9 Å². The Kier molecular flexibility index (Phi) is 6.32. The number of rotatable bonds is 7. The molecule has 0 saturated carbocycles. The third kappa shape index (κ3) is 4.92. The molecule has 2 N–H and O–H groups in total. The van der Waals surface area contributed by atoms with Gasteiger partial charge in [-0.15, -0.1) is 0 Å². The summed E-state index contributed by atoms with van der Waals surface area (Å²) in [6, 6.07) is 20.3.